The summed E-state index contributed by atoms with van der Waals surface area (Å²) in [5, 5.41) is 0. The largest absolute Gasteiger partial charge is 0.243 e. The maximum atomic E-state index is 5.29. The fraction of sp³-hybridized carbons (Fsp3) is 0.400. The maximum Gasteiger partial charge on any atom is 0.170 e. The molecular formula is C5H5B2N3. The van der Waals surface area contributed by atoms with Crippen LogP contribution in [0.2, 0.25) is 0 Å². The van der Waals surface area contributed by atoms with Crippen LogP contribution in [0.4, 0.5) is 0 Å². The molecule has 3 nitrogen and oxygen atoms in total. The van der Waals surface area contributed by atoms with Gasteiger partial charge in [0.25, 0.3) is 0 Å². The van der Waals surface area contributed by atoms with Crippen LogP contribution in [0.3, 0.4) is 0 Å². The Bertz CT molecular complexity index is 218. The van der Waals surface area contributed by atoms with Gasteiger partial charge in [0.1, 0.15) is 5.82 Å². The lowest BCUT2D eigenvalue weighted by atomic mass is 10.1. The van der Waals surface area contributed by atoms with Gasteiger partial charge in [-0.05, 0) is 0 Å². The lowest BCUT2D eigenvalue weighted by Crippen LogP contribution is -2.28. The van der Waals surface area contributed by atoms with Crippen molar-refractivity contribution in [2.75, 3.05) is 0 Å². The highest BCUT2D eigenvalue weighted by Gasteiger charge is 1.94. The van der Waals surface area contributed by atoms with E-state index in [0.29, 0.717) is 5.82 Å². The Morgan fingerprint density at radius 3 is 2.00 bits per heavy atom. The van der Waals surface area contributed by atoms with E-state index in [1.165, 1.54) is 0 Å². The molecule has 4 radical (unpaired) electrons. The van der Waals surface area contributed by atoms with Crippen molar-refractivity contribution in [2.24, 2.45) is 0 Å². The Labute approximate surface area is 62.1 Å². The highest BCUT2D eigenvalue weighted by molar-refractivity contribution is 6.32. The summed E-state index contributed by atoms with van der Waals surface area (Å²) in [5.74, 6) is 0.630. The predicted octanol–water partition coefficient (Wildman–Crippen LogP) is -1.98. The quantitative estimate of drug-likeness (QED) is 0.412. The second-order valence-electron chi connectivity index (χ2n) is 1.82. The zero-order chi connectivity index (χ0) is 7.56. The molecule has 0 aliphatic heterocycles. The minimum Gasteiger partial charge on any atom is -0.243 e. The molecule has 1 aromatic heterocycles. The van der Waals surface area contributed by atoms with Crippen molar-refractivity contribution in [2.45, 2.75) is 13.3 Å². The highest BCUT2D eigenvalue weighted by atomic mass is 15.0. The summed E-state index contributed by atoms with van der Waals surface area (Å²) in [7, 11) is 10.6. The second kappa shape index (κ2) is 2.82. The first-order chi connectivity index (χ1) is 4.72. The molecule has 0 spiro atoms. The van der Waals surface area contributed by atoms with Crippen molar-refractivity contribution < 1.29 is 0 Å². The summed E-state index contributed by atoms with van der Waals surface area (Å²) >= 11 is 0. The van der Waals surface area contributed by atoms with E-state index < -0.39 is 0 Å². The van der Waals surface area contributed by atoms with Gasteiger partial charge in [0.2, 0.25) is 0 Å². The van der Waals surface area contributed by atoms with Crippen molar-refractivity contribution in [1.82, 2.24) is 15.0 Å². The number of nitrogens with zero attached hydrogens (tertiary/aromatic N) is 3. The minimum absolute atomic E-state index is 0.185. The molecule has 1 rings (SSSR count). The molecular weight excluding hydrogens is 124 g/mol. The van der Waals surface area contributed by atoms with Crippen molar-refractivity contribution in [3.8, 4) is 0 Å². The molecule has 1 heterocycles. The van der Waals surface area contributed by atoms with Crippen molar-refractivity contribution in [1.29, 1.82) is 0 Å². The average Bonchev–Trinajstić information content (AvgIpc) is 1.85. The average molecular weight is 129 g/mol. The summed E-state index contributed by atoms with van der Waals surface area (Å²) in [6.45, 7) is 1.92. The summed E-state index contributed by atoms with van der Waals surface area (Å²) in [6.07, 6.45) is 0.719. The Kier molecular flexibility index (Phi) is 2.04. The van der Waals surface area contributed by atoms with Gasteiger partial charge < -0.3 is 0 Å². The first-order valence-corrected chi connectivity index (χ1v) is 2.98. The minimum atomic E-state index is 0.185. The van der Waals surface area contributed by atoms with Crippen LogP contribution in [0.1, 0.15) is 12.7 Å². The van der Waals surface area contributed by atoms with Gasteiger partial charge >= 0.3 is 0 Å². The molecule has 0 fully saturated rings. The van der Waals surface area contributed by atoms with Crippen LogP contribution < -0.4 is 11.4 Å². The molecule has 0 N–H and O–H groups in total. The summed E-state index contributed by atoms with van der Waals surface area (Å²) in [4.78, 5) is 11.3. The molecule has 0 amide bonds. The second-order valence-corrected chi connectivity index (χ2v) is 1.82. The van der Waals surface area contributed by atoms with Crippen molar-refractivity contribution >= 4 is 27.1 Å². The van der Waals surface area contributed by atoms with E-state index in [9.17, 15) is 0 Å². The van der Waals surface area contributed by atoms with Crippen molar-refractivity contribution in [3.63, 3.8) is 0 Å². The molecule has 0 saturated carbocycles. The first kappa shape index (κ1) is 7.25. The van der Waals surface area contributed by atoms with Gasteiger partial charge in [-0.2, -0.15) is 0 Å². The predicted molar refractivity (Wildman–Crippen MR) is 40.0 cm³/mol. The third-order valence-electron chi connectivity index (χ3n) is 1.03. The molecule has 0 bridgehead atoms. The molecule has 0 aliphatic rings. The molecule has 0 saturated heterocycles. The van der Waals surface area contributed by atoms with Gasteiger partial charge in [0, 0.05) is 6.42 Å². The molecule has 5 heteroatoms. The summed E-state index contributed by atoms with van der Waals surface area (Å²) in [6, 6.07) is 0. The molecule has 0 aliphatic carbocycles. The number of hydrogen-bond donors (Lipinski definition) is 0. The molecule has 10 heavy (non-hydrogen) atoms. The number of aromatic nitrogens is 3. The summed E-state index contributed by atoms with van der Waals surface area (Å²) < 4.78 is 0. The van der Waals surface area contributed by atoms with Crippen LogP contribution in [0, 0.1) is 0 Å². The molecule has 0 unspecified atom stereocenters. The first-order valence-electron chi connectivity index (χ1n) is 2.98. The van der Waals surface area contributed by atoms with Crippen LogP contribution in [0.5, 0.6) is 0 Å². The van der Waals surface area contributed by atoms with Crippen LogP contribution >= 0.6 is 0 Å². The van der Waals surface area contributed by atoms with E-state index in [0.717, 1.165) is 6.42 Å². The Hall–Kier alpha value is -0.860. The van der Waals surface area contributed by atoms with Gasteiger partial charge in [-0.3, -0.25) is 0 Å². The van der Waals surface area contributed by atoms with Gasteiger partial charge in [-0.15, -0.1) is 0 Å². The van der Waals surface area contributed by atoms with E-state index in [1.54, 1.807) is 0 Å². The van der Waals surface area contributed by atoms with Crippen LogP contribution in [0.15, 0.2) is 0 Å². The molecule has 46 valence electrons. The zero-order valence-corrected chi connectivity index (χ0v) is 5.70. The maximum absolute atomic E-state index is 5.29. The van der Waals surface area contributed by atoms with Crippen molar-refractivity contribution in [3.05, 3.63) is 5.82 Å². The Balaban J connectivity index is 3.06. The molecule has 0 aromatic carbocycles. The van der Waals surface area contributed by atoms with Crippen LogP contribution in [0.25, 0.3) is 0 Å². The summed E-state index contributed by atoms with van der Waals surface area (Å²) in [5.41, 5.74) is 0.369. The van der Waals surface area contributed by atoms with E-state index in [1.807, 2.05) is 6.92 Å². The van der Waals surface area contributed by atoms with E-state index in [2.05, 4.69) is 15.0 Å². The number of hydrogen-bond acceptors (Lipinski definition) is 3. The fourth-order valence-electron chi connectivity index (χ4n) is 0.615. The highest BCUT2D eigenvalue weighted by Crippen LogP contribution is 1.80. The van der Waals surface area contributed by atoms with Gasteiger partial charge in [0.15, 0.2) is 15.7 Å². The Morgan fingerprint density at radius 1 is 1.10 bits per heavy atom. The lowest BCUT2D eigenvalue weighted by Gasteiger charge is -1.98. The van der Waals surface area contributed by atoms with Gasteiger partial charge in [-0.25, -0.2) is 15.0 Å². The fourth-order valence-corrected chi connectivity index (χ4v) is 0.615. The van der Waals surface area contributed by atoms with E-state index in [4.69, 9.17) is 15.7 Å². The normalized spacial score (nSPS) is 9.70. The zero-order valence-electron chi connectivity index (χ0n) is 5.70. The topological polar surface area (TPSA) is 38.7 Å². The third kappa shape index (κ3) is 1.56. The molecule has 0 atom stereocenters. The van der Waals surface area contributed by atoms with E-state index >= 15 is 0 Å². The van der Waals surface area contributed by atoms with Gasteiger partial charge in [-0.1, -0.05) is 6.92 Å². The van der Waals surface area contributed by atoms with Gasteiger partial charge in [0.05, 0.1) is 11.4 Å². The lowest BCUT2D eigenvalue weighted by molar-refractivity contribution is 0.938. The van der Waals surface area contributed by atoms with E-state index in [-0.39, 0.29) is 11.4 Å². The monoisotopic (exact) mass is 129 g/mol. The third-order valence-corrected chi connectivity index (χ3v) is 1.03. The van der Waals surface area contributed by atoms with Crippen LogP contribution in [-0.4, -0.2) is 30.6 Å². The SMILES string of the molecule is [B]c1nc([B])nc(CC)n1. The number of aryl methyl sites for hydroxylation is 1. The standard InChI is InChI=1S/C5H5B2N3/c1-2-3-8-4(6)10-5(7)9-3/h2H2,1H3. The smallest absolute Gasteiger partial charge is 0.170 e. The Morgan fingerprint density at radius 2 is 1.60 bits per heavy atom. The number of rotatable bonds is 1. The van der Waals surface area contributed by atoms with Crippen LogP contribution in [-0.2, 0) is 6.42 Å². The molecule has 1 aromatic rings.